The molecule has 0 aromatic heterocycles. The zero-order valence-electron chi connectivity index (χ0n) is 48.3. The number of amides is 8. The van der Waals surface area contributed by atoms with Crippen molar-refractivity contribution < 1.29 is 78.0 Å². The number of rotatable bonds is 24. The fourth-order valence-electron chi connectivity index (χ4n) is 8.60. The van der Waals surface area contributed by atoms with Crippen LogP contribution in [0, 0.1) is 0 Å². The molecule has 0 saturated carbocycles. The molecule has 4 aromatic carbocycles. The number of carbonyl (C=O) groups excluding carboxylic acids is 8. The number of anilines is 4. The highest BCUT2D eigenvalue weighted by Crippen LogP contribution is 2.40. The first kappa shape index (κ1) is 70.7. The quantitative estimate of drug-likeness (QED) is 0.0317. The summed E-state index contributed by atoms with van der Waals surface area (Å²) in [6.45, 7) is 0.776. The number of carboxylic acids is 4. The monoisotopic (exact) mass is 1290 g/mol. The van der Waals surface area contributed by atoms with E-state index in [9.17, 15) is 57.5 Å². The molecule has 0 radical (unpaired) electrons. The molecule has 0 atom stereocenters. The molecule has 24 nitrogen and oxygen atoms in total. The van der Waals surface area contributed by atoms with Gasteiger partial charge in [-0.3, -0.25) is 57.5 Å². The summed E-state index contributed by atoms with van der Waals surface area (Å²) in [6.07, 6.45) is -1.05. The average Bonchev–Trinajstić information content (AvgIpc) is 3.71. The van der Waals surface area contributed by atoms with Crippen LogP contribution >= 0.6 is 43.2 Å². The number of benzene rings is 4. The Morgan fingerprint density at radius 1 is 0.284 bits per heavy atom. The lowest BCUT2D eigenvalue weighted by molar-refractivity contribution is -0.139. The summed E-state index contributed by atoms with van der Waals surface area (Å²) in [5.74, 6) is -7.75. The number of carboxylic acid groups (broad SMARTS) is 4. The summed E-state index contributed by atoms with van der Waals surface area (Å²) in [4.78, 5) is 159. The Hall–Kier alpha value is -8.08. The van der Waals surface area contributed by atoms with Gasteiger partial charge in [-0.2, -0.15) is 0 Å². The molecule has 8 bridgehead atoms. The molecule has 7 heterocycles. The van der Waals surface area contributed by atoms with E-state index in [1.165, 1.54) is 43.2 Å². The van der Waals surface area contributed by atoms with E-state index >= 15 is 0 Å². The number of aliphatic carboxylic acids is 4. The Morgan fingerprint density at radius 3 is 0.636 bits per heavy atom. The van der Waals surface area contributed by atoms with Crippen LogP contribution in [0.1, 0.15) is 103 Å². The van der Waals surface area contributed by atoms with E-state index in [1.807, 2.05) is 48.5 Å². The van der Waals surface area contributed by atoms with Crippen LogP contribution in [0.3, 0.4) is 0 Å². The van der Waals surface area contributed by atoms with Gasteiger partial charge in [0.25, 0.3) is 0 Å². The highest BCUT2D eigenvalue weighted by Gasteiger charge is 2.23. The molecule has 8 N–H and O–H groups in total. The predicted molar refractivity (Wildman–Crippen MR) is 335 cm³/mol. The lowest BCUT2D eigenvalue weighted by Gasteiger charge is -2.26. The zero-order chi connectivity index (χ0) is 63.8. The molecule has 8 amide bonds. The number of hydrogen-bond acceptors (Lipinski definition) is 16. The predicted octanol–water partition coefficient (Wildman–Crippen LogP) is 7.38. The van der Waals surface area contributed by atoms with Crippen molar-refractivity contribution in [3.8, 4) is 0 Å². The van der Waals surface area contributed by atoms with Crippen molar-refractivity contribution in [3.63, 3.8) is 0 Å². The Kier molecular flexibility index (Phi) is 30.7. The summed E-state index contributed by atoms with van der Waals surface area (Å²) in [6, 6.07) is 29.2. The second-order valence-electron chi connectivity index (χ2n) is 19.9. The van der Waals surface area contributed by atoms with Gasteiger partial charge in [-0.05, 0) is 123 Å². The van der Waals surface area contributed by atoms with E-state index in [2.05, 4.69) is 21.3 Å². The van der Waals surface area contributed by atoms with Gasteiger partial charge in [-0.25, -0.2) is 0 Å². The van der Waals surface area contributed by atoms with Gasteiger partial charge >= 0.3 is 23.9 Å². The van der Waals surface area contributed by atoms with E-state index in [1.54, 1.807) is 68.1 Å². The summed E-state index contributed by atoms with van der Waals surface area (Å²) < 4.78 is 0. The lowest BCUT2D eigenvalue weighted by atomic mass is 10.2. The third-order valence-electron chi connectivity index (χ3n) is 13.2. The van der Waals surface area contributed by atoms with E-state index in [4.69, 9.17) is 20.4 Å². The summed E-state index contributed by atoms with van der Waals surface area (Å²) >= 11 is 0. The van der Waals surface area contributed by atoms with Crippen LogP contribution < -0.4 is 40.9 Å². The molecule has 0 unspecified atom stereocenters. The van der Waals surface area contributed by atoms with Gasteiger partial charge < -0.3 is 61.3 Å². The van der Waals surface area contributed by atoms with Gasteiger partial charge in [0.1, 0.15) is 0 Å². The van der Waals surface area contributed by atoms with Crippen molar-refractivity contribution in [3.05, 3.63) is 97.1 Å². The summed E-state index contributed by atoms with van der Waals surface area (Å²) in [7, 11) is 5.77. The summed E-state index contributed by atoms with van der Waals surface area (Å²) in [5, 5.41) is 46.5. The summed E-state index contributed by atoms with van der Waals surface area (Å²) in [5.41, 5.74) is 2.28. The molecule has 28 heteroatoms. The molecule has 0 spiro atoms. The minimum absolute atomic E-state index is 0.0296. The van der Waals surface area contributed by atoms with Crippen LogP contribution in [-0.4, -0.2) is 144 Å². The number of nitrogens with zero attached hydrogens (tertiary/aromatic N) is 4. The zero-order valence-corrected chi connectivity index (χ0v) is 51.6. The normalized spacial score (nSPS) is 13.4. The smallest absolute Gasteiger partial charge is 0.303 e. The van der Waals surface area contributed by atoms with Crippen LogP contribution in [0.5, 0.6) is 0 Å². The highest BCUT2D eigenvalue weighted by atomic mass is 33.1. The molecule has 7 aliphatic rings. The standard InChI is InChI=1S/C60H72N8O16S4/c69-49(21-25-57(77)78)61-33-29-53(73)65-37-1-2-38-66(54(74)30-34-62-50(70)22-26-58(79)80)42-7-15-46(16-8-42)86-88-48-19-11-44(12-20-48)68(56(76)32-36-64-52(72)24-28-60(83)84)40-4-3-39-67(55(75)31-35-63-51(71)23-27-59(81)82)43-9-17-47(18-10-43)87-85-45-13-5-41(65)6-14-45/h5-20H,1-4,21-40H2,(H,61,69)(H,62,70)(H,63,71)(H,64,72)(H,77,78)(H,79,80)(H,81,82)(H,83,84). The molecule has 11 rings (SSSR count). The van der Waals surface area contributed by atoms with Crippen LogP contribution in [0.15, 0.2) is 117 Å². The van der Waals surface area contributed by atoms with Crippen molar-refractivity contribution >= 4 is 137 Å². The van der Waals surface area contributed by atoms with Crippen molar-refractivity contribution in [2.75, 3.05) is 72.0 Å². The average molecular weight is 1290 g/mol. The van der Waals surface area contributed by atoms with Crippen LogP contribution in [0.4, 0.5) is 22.7 Å². The topological polar surface area (TPSA) is 347 Å². The maximum Gasteiger partial charge on any atom is 0.303 e. The van der Waals surface area contributed by atoms with Gasteiger partial charge in [-0.1, -0.05) is 43.2 Å². The first-order valence-electron chi connectivity index (χ1n) is 28.5. The molecule has 0 aliphatic carbocycles. The number of carbonyl (C=O) groups is 12. The third kappa shape index (κ3) is 26.5. The van der Waals surface area contributed by atoms with E-state index in [0.717, 1.165) is 19.6 Å². The van der Waals surface area contributed by atoms with E-state index in [-0.39, 0.29) is 153 Å². The first-order valence-corrected chi connectivity index (χ1v) is 32.8. The van der Waals surface area contributed by atoms with E-state index in [0.29, 0.717) is 48.4 Å². The minimum atomic E-state index is -1.12. The van der Waals surface area contributed by atoms with Crippen LogP contribution in [-0.2, 0) is 57.5 Å². The molecule has 0 fully saturated rings. The fourth-order valence-corrected chi connectivity index (χ4v) is 12.5. The first-order chi connectivity index (χ1) is 42.2. The van der Waals surface area contributed by atoms with Crippen molar-refractivity contribution in [1.82, 2.24) is 21.3 Å². The molecule has 472 valence electrons. The van der Waals surface area contributed by atoms with Gasteiger partial charge in [0.05, 0.1) is 25.7 Å². The fraction of sp³-hybridized carbons (Fsp3) is 0.400. The van der Waals surface area contributed by atoms with E-state index < -0.39 is 47.5 Å². The van der Waals surface area contributed by atoms with Crippen molar-refractivity contribution in [2.24, 2.45) is 0 Å². The Balaban J connectivity index is 1.42. The number of hydrogen-bond donors (Lipinski definition) is 8. The maximum atomic E-state index is 14.0. The minimum Gasteiger partial charge on any atom is -0.481 e. The third-order valence-corrected chi connectivity index (χ3v) is 18.0. The SMILES string of the molecule is O=C(O)CCC(=O)NCCC(=O)N1CCCCN(C(=O)CCNC(=O)CCC(=O)O)c2ccc(cc2)SSc2ccc(cc2)N(C(=O)CCNC(=O)CCC(=O)O)CCCCN(C(=O)CCNC(=O)CCC(=O)O)c2ccc(cc2)SSc2ccc1cc2. The molecule has 0 saturated heterocycles. The van der Waals surface area contributed by atoms with Crippen LogP contribution in [0.2, 0.25) is 0 Å². The Labute approximate surface area is 524 Å². The largest absolute Gasteiger partial charge is 0.481 e. The van der Waals surface area contributed by atoms with Gasteiger partial charge in [0.2, 0.25) is 47.3 Å². The Bertz CT molecular complexity index is 2640. The van der Waals surface area contributed by atoms with Crippen molar-refractivity contribution in [2.45, 2.75) is 122 Å². The second-order valence-corrected chi connectivity index (χ2v) is 24.4. The number of nitrogens with one attached hydrogen (secondary N) is 4. The molecular weight excluding hydrogens is 1220 g/mol. The van der Waals surface area contributed by atoms with Gasteiger partial charge in [0, 0.05) is 146 Å². The highest BCUT2D eigenvalue weighted by molar-refractivity contribution is 8.77. The van der Waals surface area contributed by atoms with Crippen LogP contribution in [0.25, 0.3) is 0 Å². The van der Waals surface area contributed by atoms with Gasteiger partial charge in [-0.15, -0.1) is 0 Å². The molecule has 7 aliphatic heterocycles. The molecule has 4 aromatic rings. The maximum absolute atomic E-state index is 14.0. The van der Waals surface area contributed by atoms with Crippen molar-refractivity contribution in [1.29, 1.82) is 0 Å². The Morgan fingerprint density at radius 2 is 0.466 bits per heavy atom. The molecular formula is C60H72N8O16S4. The van der Waals surface area contributed by atoms with Gasteiger partial charge in [0.15, 0.2) is 0 Å². The second kappa shape index (κ2) is 38.3. The molecule has 88 heavy (non-hydrogen) atoms. The lowest BCUT2D eigenvalue weighted by Crippen LogP contribution is -2.37.